The van der Waals surface area contributed by atoms with Crippen molar-refractivity contribution in [1.29, 1.82) is 5.26 Å². The van der Waals surface area contributed by atoms with E-state index < -0.39 is 12.0 Å². The molecule has 1 aliphatic heterocycles. The third-order valence-corrected chi connectivity index (χ3v) is 8.52. The normalized spacial score (nSPS) is 14.7. The second-order valence-electron chi connectivity index (χ2n) is 10.1. The largest absolute Gasteiger partial charge is 0.497 e. The number of benzene rings is 3. The number of fused-ring (bicyclic) bond motifs is 2. The summed E-state index contributed by atoms with van der Waals surface area (Å²) in [5, 5.41) is 10.6. The van der Waals surface area contributed by atoms with Crippen molar-refractivity contribution in [2.24, 2.45) is 4.99 Å². The molecular formula is C34H28N4O4S. The lowest BCUT2D eigenvalue weighted by atomic mass is 9.96. The number of aromatic nitrogens is 2. The fraction of sp³-hybridized carbons (Fsp3) is 0.176. The Balaban J connectivity index is 1.51. The fourth-order valence-electron chi connectivity index (χ4n) is 5.51. The van der Waals surface area contributed by atoms with Gasteiger partial charge in [0.2, 0.25) is 0 Å². The van der Waals surface area contributed by atoms with Crippen molar-refractivity contribution in [2.45, 2.75) is 26.4 Å². The molecule has 0 saturated heterocycles. The van der Waals surface area contributed by atoms with Gasteiger partial charge in [-0.3, -0.25) is 9.36 Å². The van der Waals surface area contributed by atoms with Crippen LogP contribution >= 0.6 is 11.3 Å². The Labute approximate surface area is 251 Å². The highest BCUT2D eigenvalue weighted by Gasteiger charge is 2.33. The standard InChI is InChI=1S/C34H28N4O4S/c1-4-42-33(40)30-21(2)36-34-38(31(30)22-13-15-26(41-3)16-14-22)32(39)29(43-34)17-25-20-37(28-12-8-7-11-27(25)28)19-24-10-6-5-9-23(24)18-35/h5-17,20,31H,4,19H2,1-3H3/b29-17-. The lowest BCUT2D eigenvalue weighted by Crippen LogP contribution is -2.39. The summed E-state index contributed by atoms with van der Waals surface area (Å²) in [6.45, 7) is 4.24. The van der Waals surface area contributed by atoms with E-state index in [1.165, 1.54) is 11.3 Å². The summed E-state index contributed by atoms with van der Waals surface area (Å²) in [6.07, 6.45) is 3.89. The summed E-state index contributed by atoms with van der Waals surface area (Å²) < 4.78 is 14.9. The monoisotopic (exact) mass is 588 g/mol. The summed E-state index contributed by atoms with van der Waals surface area (Å²) in [4.78, 5) is 32.5. The maximum atomic E-state index is 14.1. The molecule has 0 N–H and O–H groups in total. The molecule has 214 valence electrons. The molecule has 3 heterocycles. The first-order chi connectivity index (χ1) is 20.9. The molecular weight excluding hydrogens is 560 g/mol. The van der Waals surface area contributed by atoms with E-state index >= 15 is 0 Å². The van der Waals surface area contributed by atoms with E-state index in [0.717, 1.165) is 27.6 Å². The second kappa shape index (κ2) is 11.6. The average Bonchev–Trinajstić information content (AvgIpc) is 3.53. The number of carbonyl (C=O) groups excluding carboxylic acids is 1. The molecule has 2 aromatic heterocycles. The number of esters is 1. The van der Waals surface area contributed by atoms with E-state index in [-0.39, 0.29) is 12.2 Å². The molecule has 0 amide bonds. The van der Waals surface area contributed by atoms with Crippen molar-refractivity contribution in [3.8, 4) is 11.8 Å². The minimum Gasteiger partial charge on any atom is -0.497 e. The zero-order chi connectivity index (χ0) is 30.1. The van der Waals surface area contributed by atoms with Gasteiger partial charge in [0, 0.05) is 29.2 Å². The fourth-order valence-corrected chi connectivity index (χ4v) is 6.54. The molecule has 0 saturated carbocycles. The zero-order valence-corrected chi connectivity index (χ0v) is 24.7. The number of nitrogens with zero attached hydrogens (tertiary/aromatic N) is 4. The first-order valence-electron chi connectivity index (χ1n) is 13.8. The van der Waals surface area contributed by atoms with Gasteiger partial charge in [-0.1, -0.05) is 59.9 Å². The molecule has 3 aromatic carbocycles. The number of hydrogen-bond donors (Lipinski definition) is 0. The van der Waals surface area contributed by atoms with Gasteiger partial charge >= 0.3 is 5.97 Å². The Kier molecular flexibility index (Phi) is 7.53. The Morgan fingerprint density at radius 3 is 2.58 bits per heavy atom. The molecule has 0 aliphatic carbocycles. The Hall–Kier alpha value is -5.20. The number of hydrogen-bond acceptors (Lipinski definition) is 7. The third kappa shape index (κ3) is 5.07. The van der Waals surface area contributed by atoms with Crippen molar-refractivity contribution in [2.75, 3.05) is 13.7 Å². The van der Waals surface area contributed by atoms with Crippen molar-refractivity contribution >= 4 is 34.3 Å². The molecule has 8 nitrogen and oxygen atoms in total. The van der Waals surface area contributed by atoms with Crippen LogP contribution in [0, 0.1) is 11.3 Å². The van der Waals surface area contributed by atoms with Crippen LogP contribution in [0.25, 0.3) is 17.0 Å². The van der Waals surface area contributed by atoms with Gasteiger partial charge in [-0.2, -0.15) is 5.26 Å². The van der Waals surface area contributed by atoms with Crippen LogP contribution in [-0.4, -0.2) is 28.8 Å². The van der Waals surface area contributed by atoms with Gasteiger partial charge in [0.1, 0.15) is 5.75 Å². The Morgan fingerprint density at radius 2 is 1.84 bits per heavy atom. The molecule has 0 spiro atoms. The van der Waals surface area contributed by atoms with Gasteiger partial charge < -0.3 is 14.0 Å². The summed E-state index contributed by atoms with van der Waals surface area (Å²) >= 11 is 1.29. The SMILES string of the molecule is CCOC(=O)C1=C(C)N=c2s/c(=C\c3cn(Cc4ccccc4C#N)c4ccccc34)c(=O)n2C1c1ccc(OC)cc1. The van der Waals surface area contributed by atoms with Crippen LogP contribution in [-0.2, 0) is 16.1 Å². The Bertz CT molecular complexity index is 2130. The van der Waals surface area contributed by atoms with Crippen LogP contribution in [0.5, 0.6) is 5.75 Å². The first kappa shape index (κ1) is 27.9. The smallest absolute Gasteiger partial charge is 0.338 e. The quantitative estimate of drug-likeness (QED) is 0.257. The summed E-state index contributed by atoms with van der Waals surface area (Å²) in [5.41, 5.74) is 4.76. The molecule has 9 heteroatoms. The predicted molar refractivity (Wildman–Crippen MR) is 166 cm³/mol. The van der Waals surface area contributed by atoms with E-state index in [1.54, 1.807) is 25.5 Å². The van der Waals surface area contributed by atoms with Crippen LogP contribution in [0.4, 0.5) is 0 Å². The minimum atomic E-state index is -0.702. The molecule has 1 aliphatic rings. The molecule has 1 unspecified atom stereocenters. The van der Waals surface area contributed by atoms with Crippen LogP contribution < -0.4 is 19.6 Å². The van der Waals surface area contributed by atoms with Crippen LogP contribution in [0.2, 0.25) is 0 Å². The van der Waals surface area contributed by atoms with Crippen molar-refractivity contribution in [1.82, 2.24) is 9.13 Å². The van der Waals surface area contributed by atoms with Crippen molar-refractivity contribution in [3.63, 3.8) is 0 Å². The Morgan fingerprint density at radius 1 is 1.09 bits per heavy atom. The molecule has 5 aromatic rings. The summed E-state index contributed by atoms with van der Waals surface area (Å²) in [5.74, 6) is 0.169. The number of para-hydroxylation sites is 1. The van der Waals surface area contributed by atoms with Crippen molar-refractivity contribution < 1.29 is 14.3 Å². The predicted octanol–water partition coefficient (Wildman–Crippen LogP) is 4.68. The van der Waals surface area contributed by atoms with E-state index in [1.807, 2.05) is 85.1 Å². The second-order valence-corrected chi connectivity index (χ2v) is 11.1. The average molecular weight is 589 g/mol. The maximum Gasteiger partial charge on any atom is 0.338 e. The van der Waals surface area contributed by atoms with Crippen molar-refractivity contribution in [3.05, 3.63) is 132 Å². The first-order valence-corrected chi connectivity index (χ1v) is 14.6. The lowest BCUT2D eigenvalue weighted by molar-refractivity contribution is -0.139. The van der Waals surface area contributed by atoms with E-state index in [2.05, 4.69) is 15.6 Å². The number of thiazole rings is 1. The molecule has 0 radical (unpaired) electrons. The number of carbonyl (C=O) groups is 1. The highest BCUT2D eigenvalue weighted by molar-refractivity contribution is 7.07. The number of nitriles is 1. The lowest BCUT2D eigenvalue weighted by Gasteiger charge is -2.24. The molecule has 43 heavy (non-hydrogen) atoms. The number of methoxy groups -OCH3 is 1. The van der Waals surface area contributed by atoms with Gasteiger partial charge in [-0.25, -0.2) is 9.79 Å². The molecule has 1 atom stereocenters. The molecule has 0 fully saturated rings. The van der Waals surface area contributed by atoms with E-state index in [4.69, 9.17) is 9.47 Å². The summed E-state index contributed by atoms with van der Waals surface area (Å²) in [7, 11) is 1.59. The molecule has 0 bridgehead atoms. The van der Waals surface area contributed by atoms with Crippen LogP contribution in [0.1, 0.15) is 42.1 Å². The maximum absolute atomic E-state index is 14.1. The van der Waals surface area contributed by atoms with E-state index in [9.17, 15) is 14.9 Å². The topological polar surface area (TPSA) is 98.6 Å². The summed E-state index contributed by atoms with van der Waals surface area (Å²) in [6, 6.07) is 24.4. The van der Waals surface area contributed by atoms with Crippen LogP contribution in [0.3, 0.4) is 0 Å². The van der Waals surface area contributed by atoms with E-state index in [0.29, 0.717) is 38.5 Å². The van der Waals surface area contributed by atoms with Gasteiger partial charge in [0.25, 0.3) is 5.56 Å². The highest BCUT2D eigenvalue weighted by Crippen LogP contribution is 2.32. The van der Waals surface area contributed by atoms with Gasteiger partial charge in [-0.05, 0) is 55.3 Å². The van der Waals surface area contributed by atoms with Gasteiger partial charge in [-0.15, -0.1) is 0 Å². The number of ether oxygens (including phenoxy) is 2. The third-order valence-electron chi connectivity index (χ3n) is 7.53. The van der Waals surface area contributed by atoms with Gasteiger partial charge in [0.15, 0.2) is 4.80 Å². The highest BCUT2D eigenvalue weighted by atomic mass is 32.1. The van der Waals surface area contributed by atoms with Gasteiger partial charge in [0.05, 0.1) is 47.2 Å². The zero-order valence-electron chi connectivity index (χ0n) is 23.9. The minimum absolute atomic E-state index is 0.207. The number of rotatable bonds is 7. The molecule has 6 rings (SSSR count). The number of allylic oxidation sites excluding steroid dienone is 1. The van der Waals surface area contributed by atoms with Crippen LogP contribution in [0.15, 0.2) is 100 Å².